The highest BCUT2D eigenvalue weighted by atomic mass is 16.2. The summed E-state index contributed by atoms with van der Waals surface area (Å²) in [5, 5.41) is 11.1. The normalized spacial score (nSPS) is 11.4. The molecule has 0 aliphatic heterocycles. The molecule has 2 aromatic carbocycles. The zero-order valence-corrected chi connectivity index (χ0v) is 15.5. The molecule has 1 amide bonds. The highest BCUT2D eigenvalue weighted by Gasteiger charge is 2.15. The minimum Gasteiger partial charge on any atom is -0.337 e. The van der Waals surface area contributed by atoms with Crippen molar-refractivity contribution in [1.82, 2.24) is 25.1 Å². The standard InChI is InChI=1S/C20H23N5O/c1-20(2,3)17-10-8-15(9-11-17)13-24(4)19(26)16-6-5-7-18(12-16)25-14-21-22-23-25/h5-12,14H,13H2,1-4H3. The van der Waals surface area contributed by atoms with Crippen molar-refractivity contribution < 1.29 is 4.79 Å². The van der Waals surface area contributed by atoms with E-state index < -0.39 is 0 Å². The molecule has 0 aliphatic carbocycles. The van der Waals surface area contributed by atoms with Gasteiger partial charge in [-0.25, -0.2) is 4.68 Å². The largest absolute Gasteiger partial charge is 0.337 e. The van der Waals surface area contributed by atoms with Gasteiger partial charge in [-0.05, 0) is 45.2 Å². The van der Waals surface area contributed by atoms with Crippen LogP contribution in [0.15, 0.2) is 54.9 Å². The van der Waals surface area contributed by atoms with Crippen LogP contribution in [0.1, 0.15) is 42.3 Å². The molecule has 134 valence electrons. The van der Waals surface area contributed by atoms with Crippen LogP contribution in [0.25, 0.3) is 5.69 Å². The van der Waals surface area contributed by atoms with E-state index in [1.165, 1.54) is 16.6 Å². The van der Waals surface area contributed by atoms with Crippen LogP contribution in [0.2, 0.25) is 0 Å². The van der Waals surface area contributed by atoms with Crippen molar-refractivity contribution in [2.24, 2.45) is 0 Å². The Morgan fingerprint density at radius 3 is 2.46 bits per heavy atom. The SMILES string of the molecule is CN(Cc1ccc(C(C)(C)C)cc1)C(=O)c1cccc(-n2cnnn2)c1. The molecule has 1 heterocycles. The summed E-state index contributed by atoms with van der Waals surface area (Å²) < 4.78 is 1.53. The molecule has 3 rings (SSSR count). The first-order valence-corrected chi connectivity index (χ1v) is 8.53. The lowest BCUT2D eigenvalue weighted by Gasteiger charge is -2.21. The number of hydrogen-bond donors (Lipinski definition) is 0. The predicted molar refractivity (Wildman–Crippen MR) is 100 cm³/mol. The van der Waals surface area contributed by atoms with Gasteiger partial charge in [0.05, 0.1) is 5.69 Å². The van der Waals surface area contributed by atoms with E-state index in [1.54, 1.807) is 17.0 Å². The van der Waals surface area contributed by atoms with Crippen LogP contribution < -0.4 is 0 Å². The summed E-state index contributed by atoms with van der Waals surface area (Å²) in [5.74, 6) is -0.0418. The van der Waals surface area contributed by atoms with Gasteiger partial charge in [0.1, 0.15) is 6.33 Å². The van der Waals surface area contributed by atoms with E-state index >= 15 is 0 Å². The minimum atomic E-state index is -0.0418. The van der Waals surface area contributed by atoms with Gasteiger partial charge in [0, 0.05) is 19.2 Å². The first kappa shape index (κ1) is 17.8. The Labute approximate surface area is 153 Å². The lowest BCUT2D eigenvalue weighted by molar-refractivity contribution is 0.0785. The summed E-state index contributed by atoms with van der Waals surface area (Å²) in [5.41, 5.74) is 3.86. The molecule has 0 saturated carbocycles. The molecule has 0 atom stereocenters. The summed E-state index contributed by atoms with van der Waals surface area (Å²) >= 11 is 0. The molecule has 0 fully saturated rings. The Bertz CT molecular complexity index is 879. The average Bonchev–Trinajstić information content (AvgIpc) is 3.15. The lowest BCUT2D eigenvalue weighted by atomic mass is 9.87. The van der Waals surface area contributed by atoms with Crippen LogP contribution in [0, 0.1) is 0 Å². The molecule has 6 nitrogen and oxygen atoms in total. The van der Waals surface area contributed by atoms with Gasteiger partial charge in [0.15, 0.2) is 0 Å². The highest BCUT2D eigenvalue weighted by molar-refractivity contribution is 5.94. The zero-order chi connectivity index (χ0) is 18.7. The van der Waals surface area contributed by atoms with Crippen LogP contribution in [0.4, 0.5) is 0 Å². The van der Waals surface area contributed by atoms with Crippen LogP contribution in [-0.4, -0.2) is 38.1 Å². The molecular weight excluding hydrogens is 326 g/mol. The van der Waals surface area contributed by atoms with Gasteiger partial charge in [0.2, 0.25) is 0 Å². The Morgan fingerprint density at radius 2 is 1.85 bits per heavy atom. The number of amides is 1. The molecule has 0 spiro atoms. The number of tetrazole rings is 1. The topological polar surface area (TPSA) is 63.9 Å². The Kier molecular flexibility index (Phi) is 4.84. The molecule has 0 unspecified atom stereocenters. The summed E-state index contributed by atoms with van der Waals surface area (Å²) in [7, 11) is 1.81. The summed E-state index contributed by atoms with van der Waals surface area (Å²) in [6, 6.07) is 15.7. The van der Waals surface area contributed by atoms with Crippen LogP contribution in [0.3, 0.4) is 0 Å². The van der Waals surface area contributed by atoms with Crippen molar-refractivity contribution in [2.45, 2.75) is 32.7 Å². The fourth-order valence-corrected chi connectivity index (χ4v) is 2.74. The third kappa shape index (κ3) is 3.96. The molecule has 0 aliphatic rings. The number of nitrogens with zero attached hydrogens (tertiary/aromatic N) is 5. The predicted octanol–water partition coefficient (Wildman–Crippen LogP) is 3.23. The number of hydrogen-bond acceptors (Lipinski definition) is 4. The number of aromatic nitrogens is 4. The molecular formula is C20H23N5O. The third-order valence-corrected chi connectivity index (χ3v) is 4.29. The third-order valence-electron chi connectivity index (χ3n) is 4.29. The van der Waals surface area contributed by atoms with Crippen LogP contribution in [-0.2, 0) is 12.0 Å². The molecule has 0 radical (unpaired) electrons. The van der Waals surface area contributed by atoms with Gasteiger partial charge in [0.25, 0.3) is 5.91 Å². The first-order chi connectivity index (χ1) is 12.3. The van der Waals surface area contributed by atoms with E-state index in [0.29, 0.717) is 12.1 Å². The van der Waals surface area contributed by atoms with Crippen molar-refractivity contribution >= 4 is 5.91 Å². The van der Waals surface area contributed by atoms with Gasteiger partial charge in [-0.1, -0.05) is 51.1 Å². The van der Waals surface area contributed by atoms with E-state index in [9.17, 15) is 4.79 Å². The van der Waals surface area contributed by atoms with Crippen molar-refractivity contribution in [3.05, 3.63) is 71.5 Å². The summed E-state index contributed by atoms with van der Waals surface area (Å²) in [4.78, 5) is 14.5. The second-order valence-corrected chi connectivity index (χ2v) is 7.41. The van der Waals surface area contributed by atoms with Gasteiger partial charge < -0.3 is 4.90 Å². The maximum absolute atomic E-state index is 12.8. The molecule has 1 aromatic heterocycles. The monoisotopic (exact) mass is 349 g/mol. The average molecular weight is 349 g/mol. The molecule has 3 aromatic rings. The number of carbonyl (C=O) groups excluding carboxylic acids is 1. The minimum absolute atomic E-state index is 0.0418. The molecule has 6 heteroatoms. The summed E-state index contributed by atoms with van der Waals surface area (Å²) in [6.45, 7) is 7.12. The number of benzene rings is 2. The van der Waals surface area contributed by atoms with Gasteiger partial charge in [-0.3, -0.25) is 4.79 Å². The highest BCUT2D eigenvalue weighted by Crippen LogP contribution is 2.22. The molecule has 0 saturated heterocycles. The maximum Gasteiger partial charge on any atom is 0.253 e. The van der Waals surface area contributed by atoms with Crippen LogP contribution in [0.5, 0.6) is 0 Å². The first-order valence-electron chi connectivity index (χ1n) is 8.53. The van der Waals surface area contributed by atoms with Crippen molar-refractivity contribution in [2.75, 3.05) is 7.05 Å². The van der Waals surface area contributed by atoms with E-state index in [0.717, 1.165) is 11.3 Å². The van der Waals surface area contributed by atoms with Gasteiger partial charge in [-0.2, -0.15) is 0 Å². The maximum atomic E-state index is 12.8. The number of rotatable bonds is 4. The Balaban J connectivity index is 1.73. The van der Waals surface area contributed by atoms with Crippen molar-refractivity contribution in [1.29, 1.82) is 0 Å². The van der Waals surface area contributed by atoms with Gasteiger partial charge in [-0.15, -0.1) is 5.10 Å². The molecule has 26 heavy (non-hydrogen) atoms. The lowest BCUT2D eigenvalue weighted by Crippen LogP contribution is -2.26. The van der Waals surface area contributed by atoms with Gasteiger partial charge >= 0.3 is 0 Å². The van der Waals surface area contributed by atoms with E-state index in [4.69, 9.17) is 0 Å². The fraction of sp³-hybridized carbons (Fsp3) is 0.300. The van der Waals surface area contributed by atoms with E-state index in [1.807, 2.05) is 19.2 Å². The summed E-state index contributed by atoms with van der Waals surface area (Å²) in [6.07, 6.45) is 1.50. The molecule has 0 bridgehead atoms. The zero-order valence-electron chi connectivity index (χ0n) is 15.5. The second kappa shape index (κ2) is 7.07. The van der Waals surface area contributed by atoms with E-state index in [2.05, 4.69) is 60.6 Å². The smallest absolute Gasteiger partial charge is 0.253 e. The van der Waals surface area contributed by atoms with Crippen LogP contribution >= 0.6 is 0 Å². The fourth-order valence-electron chi connectivity index (χ4n) is 2.74. The van der Waals surface area contributed by atoms with Crippen molar-refractivity contribution in [3.8, 4) is 5.69 Å². The number of carbonyl (C=O) groups is 1. The Hall–Kier alpha value is -3.02. The van der Waals surface area contributed by atoms with E-state index in [-0.39, 0.29) is 11.3 Å². The van der Waals surface area contributed by atoms with Crippen molar-refractivity contribution in [3.63, 3.8) is 0 Å². The quantitative estimate of drug-likeness (QED) is 0.725. The Morgan fingerprint density at radius 1 is 1.12 bits per heavy atom. The second-order valence-electron chi connectivity index (χ2n) is 7.41. The molecule has 0 N–H and O–H groups in total.